The Kier molecular flexibility index (Phi) is 7.09. The van der Waals surface area contributed by atoms with Crippen LogP contribution in [0, 0.1) is 23.7 Å². The number of hydrogen-bond donors (Lipinski definition) is 1. The smallest absolute Gasteiger partial charge is 0.338 e. The maximum atomic E-state index is 13.4. The first kappa shape index (κ1) is 25.4. The molecule has 5 atom stereocenters. The second-order valence-corrected chi connectivity index (χ2v) is 9.71. The Bertz CT molecular complexity index is 1260. The van der Waals surface area contributed by atoms with Crippen molar-refractivity contribution in [3.8, 4) is 0 Å². The van der Waals surface area contributed by atoms with Gasteiger partial charge in [0.25, 0.3) is 5.91 Å². The van der Waals surface area contributed by atoms with E-state index in [1.807, 2.05) is 42.5 Å². The molecule has 1 saturated carbocycles. The Balaban J connectivity index is 1.26. The largest absolute Gasteiger partial charge is 0.462 e. The topological polar surface area (TPSA) is 119 Å². The number of ether oxygens (including phenoxy) is 2. The molecule has 5 rings (SSSR count). The van der Waals surface area contributed by atoms with E-state index in [0.717, 1.165) is 16.9 Å². The minimum Gasteiger partial charge on any atom is -0.462 e. The van der Waals surface area contributed by atoms with Gasteiger partial charge in [-0.25, -0.2) is 9.59 Å². The summed E-state index contributed by atoms with van der Waals surface area (Å²) < 4.78 is 10.3. The van der Waals surface area contributed by atoms with Gasteiger partial charge in [0.1, 0.15) is 6.04 Å². The molecule has 0 spiro atoms. The van der Waals surface area contributed by atoms with E-state index in [2.05, 4.69) is 5.32 Å². The summed E-state index contributed by atoms with van der Waals surface area (Å²) in [4.78, 5) is 65.3. The molecule has 2 aromatic carbocycles. The van der Waals surface area contributed by atoms with Gasteiger partial charge in [-0.15, -0.1) is 0 Å². The highest BCUT2D eigenvalue weighted by Gasteiger charge is 2.61. The number of likely N-dealkylation sites (tertiary alicyclic amines) is 1. The van der Waals surface area contributed by atoms with Crippen LogP contribution in [0.4, 0.5) is 5.69 Å². The van der Waals surface area contributed by atoms with Crippen molar-refractivity contribution < 1.29 is 33.4 Å². The van der Waals surface area contributed by atoms with E-state index < -0.39 is 42.3 Å². The number of imide groups is 1. The van der Waals surface area contributed by atoms with Gasteiger partial charge in [-0.1, -0.05) is 42.5 Å². The highest BCUT2D eigenvalue weighted by molar-refractivity contribution is 6.09. The summed E-state index contributed by atoms with van der Waals surface area (Å²) in [5.41, 5.74) is 1.51. The molecule has 38 heavy (non-hydrogen) atoms. The fourth-order valence-corrected chi connectivity index (χ4v) is 5.68. The molecular weight excluding hydrogens is 488 g/mol. The van der Waals surface area contributed by atoms with Crippen LogP contribution in [0.2, 0.25) is 0 Å². The second kappa shape index (κ2) is 10.6. The van der Waals surface area contributed by atoms with Gasteiger partial charge in [-0.3, -0.25) is 19.3 Å². The minimum atomic E-state index is -1.17. The molecule has 1 heterocycles. The van der Waals surface area contributed by atoms with E-state index in [1.165, 1.54) is 24.3 Å². The molecule has 1 saturated heterocycles. The maximum absolute atomic E-state index is 13.4. The number of benzene rings is 2. The Morgan fingerprint density at radius 3 is 2.16 bits per heavy atom. The minimum absolute atomic E-state index is 0.0147. The summed E-state index contributed by atoms with van der Waals surface area (Å²) in [7, 11) is 0. The summed E-state index contributed by atoms with van der Waals surface area (Å²) in [5.74, 6) is -3.43. The molecule has 2 aliphatic carbocycles. The van der Waals surface area contributed by atoms with Crippen molar-refractivity contribution in [1.82, 2.24) is 4.90 Å². The van der Waals surface area contributed by atoms with E-state index in [-0.39, 0.29) is 36.7 Å². The van der Waals surface area contributed by atoms with Gasteiger partial charge in [-0.2, -0.15) is 0 Å². The van der Waals surface area contributed by atoms with Crippen molar-refractivity contribution in [3.05, 3.63) is 77.9 Å². The first-order valence-corrected chi connectivity index (χ1v) is 12.7. The van der Waals surface area contributed by atoms with Crippen LogP contribution in [0.3, 0.4) is 0 Å². The van der Waals surface area contributed by atoms with Gasteiger partial charge < -0.3 is 14.8 Å². The Morgan fingerprint density at radius 1 is 0.921 bits per heavy atom. The SMILES string of the molecule is CCOC(=O)c1ccc(NC(=O)COC(=O)[C@H](Cc2ccccc2)N2C(=O)[C@@H]3[C@@H](C2=O)[C@H]2C=C[C@H]3C2)cc1. The van der Waals surface area contributed by atoms with Crippen LogP contribution in [-0.2, 0) is 35.1 Å². The lowest BCUT2D eigenvalue weighted by Crippen LogP contribution is -2.48. The van der Waals surface area contributed by atoms with E-state index >= 15 is 0 Å². The molecule has 1 aliphatic heterocycles. The van der Waals surface area contributed by atoms with Gasteiger partial charge in [0.2, 0.25) is 11.8 Å². The van der Waals surface area contributed by atoms with Gasteiger partial charge >= 0.3 is 11.9 Å². The monoisotopic (exact) mass is 516 g/mol. The van der Waals surface area contributed by atoms with Crippen molar-refractivity contribution in [2.45, 2.75) is 25.8 Å². The van der Waals surface area contributed by atoms with Gasteiger partial charge in [0, 0.05) is 12.1 Å². The van der Waals surface area contributed by atoms with Crippen LogP contribution in [-0.4, -0.2) is 53.8 Å². The average molecular weight is 517 g/mol. The van der Waals surface area contributed by atoms with Crippen LogP contribution in [0.15, 0.2) is 66.7 Å². The number of esters is 2. The number of nitrogens with one attached hydrogen (secondary N) is 1. The Labute approximate surface area is 219 Å². The molecule has 2 aromatic rings. The van der Waals surface area contributed by atoms with Crippen molar-refractivity contribution >= 4 is 35.3 Å². The molecule has 0 radical (unpaired) electrons. The molecule has 2 bridgehead atoms. The molecule has 196 valence electrons. The zero-order valence-corrected chi connectivity index (χ0v) is 20.9. The summed E-state index contributed by atoms with van der Waals surface area (Å²) >= 11 is 0. The molecule has 9 nitrogen and oxygen atoms in total. The molecule has 3 aliphatic rings. The third-order valence-electron chi connectivity index (χ3n) is 7.39. The van der Waals surface area contributed by atoms with Crippen molar-refractivity contribution in [1.29, 1.82) is 0 Å². The predicted octanol–water partition coefficient (Wildman–Crippen LogP) is 2.76. The fourth-order valence-electron chi connectivity index (χ4n) is 5.68. The molecule has 0 unspecified atom stereocenters. The average Bonchev–Trinajstić information content (AvgIpc) is 3.61. The summed E-state index contributed by atoms with van der Waals surface area (Å²) in [5, 5.41) is 2.60. The Morgan fingerprint density at radius 2 is 1.55 bits per heavy atom. The second-order valence-electron chi connectivity index (χ2n) is 9.71. The molecule has 0 aromatic heterocycles. The van der Waals surface area contributed by atoms with E-state index in [0.29, 0.717) is 11.3 Å². The number of nitrogens with zero attached hydrogens (tertiary/aromatic N) is 1. The summed E-state index contributed by atoms with van der Waals surface area (Å²) in [6.45, 7) is 1.36. The standard InChI is InChI=1S/C29H28N2O7/c1-2-37-28(35)18-10-12-21(13-11-18)30-23(32)16-38-29(36)22(14-17-6-4-3-5-7-17)31-26(33)24-19-8-9-20(15-19)25(24)27(31)34/h3-13,19-20,22,24-25H,2,14-16H2,1H3,(H,30,32)/t19-,20-,22-,24-,25-/m0/s1. The van der Waals surface area contributed by atoms with Crippen LogP contribution in [0.5, 0.6) is 0 Å². The fraction of sp³-hybridized carbons (Fsp3) is 0.345. The number of amides is 3. The number of anilines is 1. The lowest BCUT2D eigenvalue weighted by Gasteiger charge is -2.26. The number of allylic oxidation sites excluding steroid dienone is 2. The first-order valence-electron chi connectivity index (χ1n) is 12.7. The zero-order valence-electron chi connectivity index (χ0n) is 20.9. The van der Waals surface area contributed by atoms with Crippen LogP contribution in [0.1, 0.15) is 29.3 Å². The van der Waals surface area contributed by atoms with Crippen molar-refractivity contribution in [2.75, 3.05) is 18.5 Å². The van der Waals surface area contributed by atoms with Gasteiger partial charge in [-0.05, 0) is 55.0 Å². The van der Waals surface area contributed by atoms with E-state index in [4.69, 9.17) is 9.47 Å². The molecular formula is C29H28N2O7. The van der Waals surface area contributed by atoms with Gasteiger partial charge in [0.05, 0.1) is 24.0 Å². The highest BCUT2D eigenvalue weighted by atomic mass is 16.5. The zero-order chi connectivity index (χ0) is 26.8. The first-order chi connectivity index (χ1) is 18.4. The number of carbonyl (C=O) groups excluding carboxylic acids is 5. The van der Waals surface area contributed by atoms with Crippen LogP contribution in [0.25, 0.3) is 0 Å². The third kappa shape index (κ3) is 4.83. The summed E-state index contributed by atoms with van der Waals surface area (Å²) in [6.07, 6.45) is 4.87. The van der Waals surface area contributed by atoms with Crippen LogP contribution >= 0.6 is 0 Å². The maximum Gasteiger partial charge on any atom is 0.338 e. The van der Waals surface area contributed by atoms with E-state index in [1.54, 1.807) is 6.92 Å². The molecule has 3 amide bonds. The van der Waals surface area contributed by atoms with E-state index in [9.17, 15) is 24.0 Å². The summed E-state index contributed by atoms with van der Waals surface area (Å²) in [6, 6.07) is 14.0. The predicted molar refractivity (Wildman–Crippen MR) is 135 cm³/mol. The Hall–Kier alpha value is -4.27. The quantitative estimate of drug-likeness (QED) is 0.309. The lowest BCUT2D eigenvalue weighted by atomic mass is 9.85. The van der Waals surface area contributed by atoms with Crippen molar-refractivity contribution in [3.63, 3.8) is 0 Å². The lowest BCUT2D eigenvalue weighted by molar-refractivity contribution is -0.160. The molecule has 2 fully saturated rings. The third-order valence-corrected chi connectivity index (χ3v) is 7.39. The number of rotatable bonds is 9. The van der Waals surface area contributed by atoms with Crippen molar-refractivity contribution in [2.24, 2.45) is 23.7 Å². The number of hydrogen-bond acceptors (Lipinski definition) is 7. The highest BCUT2D eigenvalue weighted by Crippen LogP contribution is 2.53. The van der Waals surface area contributed by atoms with Crippen LogP contribution < -0.4 is 5.32 Å². The number of fused-ring (bicyclic) bond motifs is 5. The molecule has 9 heteroatoms. The number of carbonyl (C=O) groups is 5. The normalized spacial score (nSPS) is 23.8. The van der Waals surface area contributed by atoms with Gasteiger partial charge in [0.15, 0.2) is 6.61 Å². The molecule has 1 N–H and O–H groups in total.